The summed E-state index contributed by atoms with van der Waals surface area (Å²) in [6.07, 6.45) is 4.24. The minimum atomic E-state index is 0.295. The van der Waals surface area contributed by atoms with Gasteiger partial charge in [-0.05, 0) is 30.2 Å². The van der Waals surface area contributed by atoms with Crippen molar-refractivity contribution in [3.05, 3.63) is 42.1 Å². The van der Waals surface area contributed by atoms with Gasteiger partial charge in [0.05, 0.1) is 12.6 Å². The summed E-state index contributed by atoms with van der Waals surface area (Å²) in [6, 6.07) is 10.0. The second-order valence-corrected chi connectivity index (χ2v) is 5.74. The van der Waals surface area contributed by atoms with Gasteiger partial charge in [-0.15, -0.1) is 0 Å². The van der Waals surface area contributed by atoms with E-state index in [-0.39, 0.29) is 0 Å². The highest BCUT2D eigenvalue weighted by Gasteiger charge is 2.11. The number of unbranched alkanes of at least 4 members (excludes halogenated alkanes) is 1. The summed E-state index contributed by atoms with van der Waals surface area (Å²) < 4.78 is 7.35. The average molecular weight is 325 g/mol. The molecule has 2 aromatic heterocycles. The first kappa shape index (κ1) is 16.1. The van der Waals surface area contributed by atoms with Crippen LogP contribution in [0, 0.1) is 0 Å². The molecule has 6 heteroatoms. The van der Waals surface area contributed by atoms with E-state index in [1.54, 1.807) is 7.11 Å². The maximum absolute atomic E-state index is 5.84. The molecule has 3 rings (SSSR count). The van der Waals surface area contributed by atoms with Gasteiger partial charge >= 0.3 is 0 Å². The number of rotatable bonds is 7. The number of nitrogens with one attached hydrogen (secondary N) is 1. The predicted octanol–water partition coefficient (Wildman–Crippen LogP) is 3.28. The van der Waals surface area contributed by atoms with Gasteiger partial charge in [0.25, 0.3) is 0 Å². The number of nitrogens with two attached hydrogens (primary N) is 1. The van der Waals surface area contributed by atoms with Gasteiger partial charge in [-0.2, -0.15) is 4.98 Å². The zero-order chi connectivity index (χ0) is 16.9. The molecule has 2 heterocycles. The molecule has 24 heavy (non-hydrogen) atoms. The Hall–Kier alpha value is -2.76. The summed E-state index contributed by atoms with van der Waals surface area (Å²) in [5.41, 5.74) is 8.86. The molecule has 6 nitrogen and oxygen atoms in total. The number of benzene rings is 1. The number of ether oxygens (including phenoxy) is 1. The Labute approximate surface area is 141 Å². The van der Waals surface area contributed by atoms with E-state index in [1.165, 1.54) is 5.56 Å². The van der Waals surface area contributed by atoms with Gasteiger partial charge in [0.1, 0.15) is 11.3 Å². The van der Waals surface area contributed by atoms with Crippen molar-refractivity contribution < 1.29 is 4.74 Å². The number of nitrogen functional groups attached to an aromatic ring is 1. The van der Waals surface area contributed by atoms with Gasteiger partial charge in [0.2, 0.25) is 5.95 Å². The van der Waals surface area contributed by atoms with E-state index in [2.05, 4.69) is 38.9 Å². The molecule has 0 unspecified atom stereocenters. The van der Waals surface area contributed by atoms with E-state index in [9.17, 15) is 0 Å². The summed E-state index contributed by atoms with van der Waals surface area (Å²) >= 11 is 0. The molecule has 0 spiro atoms. The number of fused-ring (bicyclic) bond motifs is 1. The molecule has 0 saturated heterocycles. The summed E-state index contributed by atoms with van der Waals surface area (Å²) in [6.45, 7) is 3.77. The van der Waals surface area contributed by atoms with Crippen molar-refractivity contribution >= 4 is 22.8 Å². The fourth-order valence-electron chi connectivity index (χ4n) is 2.69. The molecule has 0 atom stereocenters. The monoisotopic (exact) mass is 325 g/mol. The van der Waals surface area contributed by atoms with Crippen molar-refractivity contribution in [3.8, 4) is 5.75 Å². The molecule has 1 aromatic carbocycles. The zero-order valence-corrected chi connectivity index (χ0v) is 14.1. The van der Waals surface area contributed by atoms with Crippen molar-refractivity contribution in [2.75, 3.05) is 24.7 Å². The lowest BCUT2D eigenvalue weighted by Gasteiger charge is -2.11. The lowest BCUT2D eigenvalue weighted by Crippen LogP contribution is -2.09. The highest BCUT2D eigenvalue weighted by atomic mass is 16.5. The van der Waals surface area contributed by atoms with Crippen LogP contribution in [-0.4, -0.2) is 28.2 Å². The molecular weight excluding hydrogens is 302 g/mol. The SMILES string of the molecule is CCCCNc1nc(N)nc2ccn(Cc3ccc(OC)cc3)c12. The van der Waals surface area contributed by atoms with Crippen LogP contribution in [0.2, 0.25) is 0 Å². The Kier molecular flexibility index (Phi) is 4.84. The number of hydrogen-bond acceptors (Lipinski definition) is 5. The van der Waals surface area contributed by atoms with Crippen LogP contribution in [0.1, 0.15) is 25.3 Å². The standard InChI is InChI=1S/C18H23N5O/c1-3-4-10-20-17-16-15(21-18(19)22-17)9-11-23(16)12-13-5-7-14(24-2)8-6-13/h5-9,11H,3-4,10,12H2,1-2H3,(H3,19,20,21,22). The van der Waals surface area contributed by atoms with Gasteiger partial charge in [-0.25, -0.2) is 4.98 Å². The lowest BCUT2D eigenvalue weighted by atomic mass is 10.2. The Bertz CT molecular complexity index is 810. The van der Waals surface area contributed by atoms with Gasteiger partial charge < -0.3 is 20.4 Å². The molecule has 0 aliphatic carbocycles. The highest BCUT2D eigenvalue weighted by molar-refractivity contribution is 5.87. The van der Waals surface area contributed by atoms with E-state index in [0.29, 0.717) is 5.95 Å². The second kappa shape index (κ2) is 7.21. The van der Waals surface area contributed by atoms with Gasteiger partial charge in [0.15, 0.2) is 5.82 Å². The quantitative estimate of drug-likeness (QED) is 0.652. The Morgan fingerprint density at radius 2 is 1.96 bits per heavy atom. The smallest absolute Gasteiger partial charge is 0.222 e. The van der Waals surface area contributed by atoms with E-state index in [4.69, 9.17) is 10.5 Å². The van der Waals surface area contributed by atoms with Crippen molar-refractivity contribution in [2.24, 2.45) is 0 Å². The molecule has 0 fully saturated rings. The third-order valence-electron chi connectivity index (χ3n) is 3.96. The Morgan fingerprint density at radius 1 is 1.17 bits per heavy atom. The third-order valence-corrected chi connectivity index (χ3v) is 3.96. The molecule has 3 aromatic rings. The number of methoxy groups -OCH3 is 1. The van der Waals surface area contributed by atoms with Crippen LogP contribution in [0.4, 0.5) is 11.8 Å². The van der Waals surface area contributed by atoms with Crippen LogP contribution in [0.5, 0.6) is 5.75 Å². The van der Waals surface area contributed by atoms with Gasteiger partial charge in [0, 0.05) is 19.3 Å². The maximum Gasteiger partial charge on any atom is 0.222 e. The van der Waals surface area contributed by atoms with Crippen LogP contribution in [0.25, 0.3) is 11.0 Å². The van der Waals surface area contributed by atoms with Crippen molar-refractivity contribution in [2.45, 2.75) is 26.3 Å². The van der Waals surface area contributed by atoms with Crippen molar-refractivity contribution in [3.63, 3.8) is 0 Å². The number of hydrogen-bond donors (Lipinski definition) is 2. The van der Waals surface area contributed by atoms with Crippen molar-refractivity contribution in [1.82, 2.24) is 14.5 Å². The molecule has 0 amide bonds. The van der Waals surface area contributed by atoms with E-state index in [1.807, 2.05) is 24.4 Å². The third kappa shape index (κ3) is 3.42. The molecule has 0 aliphatic heterocycles. The Morgan fingerprint density at radius 3 is 2.67 bits per heavy atom. The number of anilines is 2. The normalized spacial score (nSPS) is 10.9. The maximum atomic E-state index is 5.84. The highest BCUT2D eigenvalue weighted by Crippen LogP contribution is 2.24. The number of nitrogens with zero attached hydrogens (tertiary/aromatic N) is 3. The molecule has 0 radical (unpaired) electrons. The molecule has 0 aliphatic rings. The summed E-state index contributed by atoms with van der Waals surface area (Å²) in [5, 5.41) is 3.39. The van der Waals surface area contributed by atoms with Crippen LogP contribution >= 0.6 is 0 Å². The zero-order valence-electron chi connectivity index (χ0n) is 14.1. The van der Waals surface area contributed by atoms with Gasteiger partial charge in [-0.1, -0.05) is 25.5 Å². The minimum Gasteiger partial charge on any atom is -0.497 e. The summed E-state index contributed by atoms with van der Waals surface area (Å²) in [7, 11) is 1.67. The molecule has 3 N–H and O–H groups in total. The second-order valence-electron chi connectivity index (χ2n) is 5.74. The summed E-state index contributed by atoms with van der Waals surface area (Å²) in [4.78, 5) is 8.73. The largest absolute Gasteiger partial charge is 0.497 e. The van der Waals surface area contributed by atoms with E-state index >= 15 is 0 Å². The van der Waals surface area contributed by atoms with E-state index < -0.39 is 0 Å². The number of aromatic nitrogens is 3. The van der Waals surface area contributed by atoms with Crippen molar-refractivity contribution in [1.29, 1.82) is 0 Å². The minimum absolute atomic E-state index is 0.295. The van der Waals surface area contributed by atoms with Crippen LogP contribution in [0.3, 0.4) is 0 Å². The molecule has 0 bridgehead atoms. The van der Waals surface area contributed by atoms with Crippen LogP contribution in [0.15, 0.2) is 36.5 Å². The van der Waals surface area contributed by atoms with Crippen LogP contribution in [-0.2, 0) is 6.54 Å². The predicted molar refractivity (Wildman–Crippen MR) is 97.4 cm³/mol. The molecule has 126 valence electrons. The van der Waals surface area contributed by atoms with Crippen LogP contribution < -0.4 is 15.8 Å². The summed E-state index contributed by atoms with van der Waals surface area (Å²) in [5.74, 6) is 1.95. The topological polar surface area (TPSA) is 78.0 Å². The first-order valence-corrected chi connectivity index (χ1v) is 8.20. The average Bonchev–Trinajstić information content (AvgIpc) is 2.98. The molecule has 0 saturated carbocycles. The fraction of sp³-hybridized carbons (Fsp3) is 0.333. The lowest BCUT2D eigenvalue weighted by molar-refractivity contribution is 0.414. The van der Waals surface area contributed by atoms with E-state index in [0.717, 1.165) is 48.5 Å². The van der Waals surface area contributed by atoms with Gasteiger partial charge in [-0.3, -0.25) is 0 Å². The first-order valence-electron chi connectivity index (χ1n) is 8.20. The molecular formula is C18H23N5O. The fourth-order valence-corrected chi connectivity index (χ4v) is 2.69. The first-order chi connectivity index (χ1) is 11.7. The Balaban J connectivity index is 1.92.